The monoisotopic (exact) mass is 293 g/mol. The topological polar surface area (TPSA) is 16.4 Å². The molecule has 3 rings (SSSR count). The van der Waals surface area contributed by atoms with Gasteiger partial charge < -0.3 is 9.64 Å². The van der Waals surface area contributed by atoms with Gasteiger partial charge in [-0.1, -0.05) is 6.08 Å². The molecular weight excluding hydrogens is 272 g/mol. The molecule has 2 aromatic rings. The molecule has 2 heterocycles. The van der Waals surface area contributed by atoms with Crippen LogP contribution in [0.15, 0.2) is 54.5 Å². The largest absolute Gasteiger partial charge is 0.497 e. The van der Waals surface area contributed by atoms with E-state index in [1.165, 1.54) is 22.5 Å². The summed E-state index contributed by atoms with van der Waals surface area (Å²) in [7, 11) is 3.73. The smallest absolute Gasteiger partial charge is 0.169 e. The normalized spacial score (nSPS) is 15.0. The van der Waals surface area contributed by atoms with Gasteiger partial charge in [-0.25, -0.2) is 4.57 Å². The summed E-state index contributed by atoms with van der Waals surface area (Å²) in [6, 6.07) is 10.5. The second-order valence-electron chi connectivity index (χ2n) is 5.37. The van der Waals surface area contributed by atoms with Crippen molar-refractivity contribution in [3.8, 4) is 5.75 Å². The number of hydrogen-bond donors (Lipinski definition) is 0. The number of allylic oxidation sites excluding steroid dienone is 1. The van der Waals surface area contributed by atoms with Crippen LogP contribution in [0, 0.1) is 0 Å². The molecule has 0 saturated carbocycles. The fraction of sp³-hybridized carbons (Fsp3) is 0.211. The van der Waals surface area contributed by atoms with Crippen LogP contribution >= 0.6 is 0 Å². The number of aromatic nitrogens is 1. The van der Waals surface area contributed by atoms with Crippen LogP contribution in [0.5, 0.6) is 5.75 Å². The number of aryl methyl sites for hydroxylation is 1. The number of pyridine rings is 1. The van der Waals surface area contributed by atoms with Gasteiger partial charge in [-0.2, -0.15) is 0 Å². The number of likely N-dealkylation sites (N-methyl/N-ethyl adjacent to an activating group) is 1. The Morgan fingerprint density at radius 2 is 1.91 bits per heavy atom. The Hall–Kier alpha value is -2.55. The molecule has 1 aromatic carbocycles. The molecule has 0 spiro atoms. The van der Waals surface area contributed by atoms with Crippen LogP contribution in [0.25, 0.3) is 12.2 Å². The summed E-state index contributed by atoms with van der Waals surface area (Å²) >= 11 is 0. The van der Waals surface area contributed by atoms with E-state index in [1.807, 2.05) is 17.7 Å². The zero-order valence-electron chi connectivity index (χ0n) is 13.3. The molecule has 0 amide bonds. The van der Waals surface area contributed by atoms with E-state index < -0.39 is 0 Å². The summed E-state index contributed by atoms with van der Waals surface area (Å²) in [5.41, 5.74) is 4.82. The van der Waals surface area contributed by atoms with Crippen molar-refractivity contribution in [2.75, 3.05) is 18.6 Å². The maximum atomic E-state index is 5.31. The van der Waals surface area contributed by atoms with Crippen molar-refractivity contribution >= 4 is 17.8 Å². The van der Waals surface area contributed by atoms with Crippen molar-refractivity contribution in [1.82, 2.24) is 0 Å². The highest BCUT2D eigenvalue weighted by atomic mass is 16.5. The van der Waals surface area contributed by atoms with Crippen molar-refractivity contribution in [2.45, 2.75) is 6.92 Å². The fourth-order valence-electron chi connectivity index (χ4n) is 2.70. The van der Waals surface area contributed by atoms with Gasteiger partial charge in [0.15, 0.2) is 12.4 Å². The van der Waals surface area contributed by atoms with Gasteiger partial charge in [-0.05, 0) is 42.8 Å². The summed E-state index contributed by atoms with van der Waals surface area (Å²) in [6.07, 6.45) is 10.7. The summed E-state index contributed by atoms with van der Waals surface area (Å²) in [5.74, 6) is 0.891. The molecule has 0 bridgehead atoms. The van der Waals surface area contributed by atoms with Gasteiger partial charge in [-0.15, -0.1) is 0 Å². The van der Waals surface area contributed by atoms with Crippen LogP contribution in [0.1, 0.15) is 18.1 Å². The van der Waals surface area contributed by atoms with Crippen LogP contribution in [0.2, 0.25) is 0 Å². The van der Waals surface area contributed by atoms with Gasteiger partial charge in [0.25, 0.3) is 0 Å². The molecule has 1 aliphatic rings. The molecule has 112 valence electrons. The first-order valence-corrected chi connectivity index (χ1v) is 7.52. The van der Waals surface area contributed by atoms with E-state index in [0.717, 1.165) is 12.3 Å². The van der Waals surface area contributed by atoms with Crippen molar-refractivity contribution in [1.29, 1.82) is 0 Å². The first kappa shape index (κ1) is 14.4. The fourth-order valence-corrected chi connectivity index (χ4v) is 2.70. The first-order valence-electron chi connectivity index (χ1n) is 7.52. The van der Waals surface area contributed by atoms with E-state index in [9.17, 15) is 0 Å². The Morgan fingerprint density at radius 1 is 1.14 bits per heavy atom. The number of anilines is 1. The number of methoxy groups -OCH3 is 1. The minimum atomic E-state index is 0.891. The Morgan fingerprint density at radius 3 is 2.59 bits per heavy atom. The third-order valence-electron chi connectivity index (χ3n) is 3.91. The van der Waals surface area contributed by atoms with E-state index >= 15 is 0 Å². The third-order valence-corrected chi connectivity index (χ3v) is 3.91. The Kier molecular flexibility index (Phi) is 3.96. The number of benzene rings is 1. The second-order valence-corrected chi connectivity index (χ2v) is 5.37. The highest BCUT2D eigenvalue weighted by molar-refractivity contribution is 5.80. The minimum Gasteiger partial charge on any atom is -0.497 e. The second kappa shape index (κ2) is 6.06. The van der Waals surface area contributed by atoms with Gasteiger partial charge in [0.2, 0.25) is 0 Å². The third kappa shape index (κ3) is 2.75. The van der Waals surface area contributed by atoms with Crippen LogP contribution in [-0.2, 0) is 7.05 Å². The number of hydrogen-bond acceptors (Lipinski definition) is 2. The molecule has 0 aliphatic carbocycles. The summed E-state index contributed by atoms with van der Waals surface area (Å²) < 4.78 is 7.35. The average molecular weight is 293 g/mol. The zero-order chi connectivity index (χ0) is 15.5. The number of fused-ring (bicyclic) bond motifs is 1. The highest BCUT2D eigenvalue weighted by Crippen LogP contribution is 2.33. The quantitative estimate of drug-likeness (QED) is 0.806. The van der Waals surface area contributed by atoms with E-state index in [-0.39, 0.29) is 0 Å². The standard InChI is InChI=1S/C19H21N2O/c1-4-21-17(13-15-9-11-20(2)12-10-15)6-5-16-14-18(22-3)7-8-19(16)21/h5-14H,4H2,1-3H3/q+1. The summed E-state index contributed by atoms with van der Waals surface area (Å²) in [4.78, 5) is 2.32. The molecular formula is C19H21N2O+. The molecule has 0 N–H and O–H groups in total. The lowest BCUT2D eigenvalue weighted by Crippen LogP contribution is -2.26. The Bertz CT molecular complexity index is 730. The maximum Gasteiger partial charge on any atom is 0.169 e. The SMILES string of the molecule is CCN1/C(=C\c2cc[n+](C)cc2)C=Cc2cc(OC)ccc21. The molecule has 3 heteroatoms. The van der Waals surface area contributed by atoms with E-state index in [2.05, 4.69) is 66.7 Å². The van der Waals surface area contributed by atoms with Gasteiger partial charge in [0.1, 0.15) is 12.8 Å². The molecule has 0 saturated heterocycles. The predicted molar refractivity (Wildman–Crippen MR) is 90.6 cm³/mol. The minimum absolute atomic E-state index is 0.891. The van der Waals surface area contributed by atoms with Gasteiger partial charge in [-0.3, -0.25) is 0 Å². The average Bonchev–Trinajstić information content (AvgIpc) is 2.56. The molecule has 1 aromatic heterocycles. The van der Waals surface area contributed by atoms with Gasteiger partial charge in [0.05, 0.1) is 7.11 Å². The molecule has 0 radical (unpaired) electrons. The molecule has 0 atom stereocenters. The van der Waals surface area contributed by atoms with E-state index in [4.69, 9.17) is 4.74 Å². The van der Waals surface area contributed by atoms with E-state index in [0.29, 0.717) is 0 Å². The van der Waals surface area contributed by atoms with Crippen molar-refractivity contribution < 1.29 is 9.30 Å². The number of rotatable bonds is 3. The van der Waals surface area contributed by atoms with Gasteiger partial charge in [0, 0.05) is 35.6 Å². The van der Waals surface area contributed by atoms with Crippen LogP contribution in [-0.4, -0.2) is 13.7 Å². The van der Waals surface area contributed by atoms with Crippen molar-refractivity contribution in [3.05, 3.63) is 65.6 Å². The molecule has 0 unspecified atom stereocenters. The van der Waals surface area contributed by atoms with Gasteiger partial charge >= 0.3 is 0 Å². The maximum absolute atomic E-state index is 5.31. The van der Waals surface area contributed by atoms with Crippen molar-refractivity contribution in [3.63, 3.8) is 0 Å². The predicted octanol–water partition coefficient (Wildman–Crippen LogP) is 3.41. The highest BCUT2D eigenvalue weighted by Gasteiger charge is 2.16. The van der Waals surface area contributed by atoms with Crippen LogP contribution < -0.4 is 14.2 Å². The summed E-state index contributed by atoms with van der Waals surface area (Å²) in [5, 5.41) is 0. The summed E-state index contributed by atoms with van der Waals surface area (Å²) in [6.45, 7) is 3.10. The molecule has 0 fully saturated rings. The van der Waals surface area contributed by atoms with Crippen LogP contribution in [0.4, 0.5) is 5.69 Å². The lowest BCUT2D eigenvalue weighted by molar-refractivity contribution is -0.671. The lowest BCUT2D eigenvalue weighted by atomic mass is 10.0. The molecule has 3 nitrogen and oxygen atoms in total. The molecule has 1 aliphatic heterocycles. The van der Waals surface area contributed by atoms with E-state index in [1.54, 1.807) is 7.11 Å². The molecule has 22 heavy (non-hydrogen) atoms. The number of nitrogens with zero attached hydrogens (tertiary/aromatic N) is 2. The lowest BCUT2D eigenvalue weighted by Gasteiger charge is -2.29. The zero-order valence-corrected chi connectivity index (χ0v) is 13.3. The van der Waals surface area contributed by atoms with Crippen LogP contribution in [0.3, 0.4) is 0 Å². The van der Waals surface area contributed by atoms with Crippen molar-refractivity contribution in [2.24, 2.45) is 7.05 Å². The Labute approximate surface area is 131 Å². The first-order chi connectivity index (χ1) is 10.7. The Balaban J connectivity index is 1.99. The number of ether oxygens (including phenoxy) is 1.